The molecular weight excluding hydrogens is 254 g/mol. The van der Waals surface area contributed by atoms with Crippen LogP contribution in [0.5, 0.6) is 0 Å². The first-order chi connectivity index (χ1) is 9.31. The van der Waals surface area contributed by atoms with Gasteiger partial charge in [0, 0.05) is 24.9 Å². The number of nitrogens with one attached hydrogen (secondary N) is 2. The van der Waals surface area contributed by atoms with Crippen LogP contribution in [0, 0.1) is 5.92 Å². The van der Waals surface area contributed by atoms with E-state index in [-0.39, 0.29) is 0 Å². The maximum absolute atomic E-state index is 4.34. The number of rotatable bonds is 7. The Hall–Kier alpha value is -0.380. The highest BCUT2D eigenvalue weighted by Crippen LogP contribution is 2.33. The third kappa shape index (κ3) is 5.64. The Morgan fingerprint density at radius 2 is 2.11 bits per heavy atom. The van der Waals surface area contributed by atoms with Gasteiger partial charge >= 0.3 is 0 Å². The van der Waals surface area contributed by atoms with Crippen LogP contribution in [0.2, 0.25) is 0 Å². The first-order valence-electron chi connectivity index (χ1n) is 7.90. The Morgan fingerprint density at radius 3 is 2.79 bits per heavy atom. The molecule has 0 spiro atoms. The number of hydrogen-bond donors (Lipinski definition) is 2. The summed E-state index contributed by atoms with van der Waals surface area (Å²) in [5.74, 6) is 3.28. The molecule has 2 unspecified atom stereocenters. The van der Waals surface area contributed by atoms with Crippen molar-refractivity contribution in [2.75, 3.05) is 19.3 Å². The zero-order valence-corrected chi connectivity index (χ0v) is 13.3. The molecular formula is C15H29N3S. The SMILES string of the molecule is CCSC1CCC(NC(=NC)NCCCC2CC2)C1. The Bertz CT molecular complexity index is 289. The van der Waals surface area contributed by atoms with Crippen molar-refractivity contribution in [3.8, 4) is 0 Å². The number of aliphatic imine (C=N–C) groups is 1. The molecule has 110 valence electrons. The topological polar surface area (TPSA) is 36.4 Å². The van der Waals surface area contributed by atoms with Crippen LogP contribution >= 0.6 is 11.8 Å². The van der Waals surface area contributed by atoms with Gasteiger partial charge in [0.15, 0.2) is 5.96 Å². The van der Waals surface area contributed by atoms with E-state index in [4.69, 9.17) is 0 Å². The molecule has 2 atom stereocenters. The monoisotopic (exact) mass is 283 g/mol. The molecule has 2 N–H and O–H groups in total. The highest BCUT2D eigenvalue weighted by molar-refractivity contribution is 7.99. The van der Waals surface area contributed by atoms with E-state index in [2.05, 4.69) is 34.3 Å². The molecule has 0 aromatic rings. The van der Waals surface area contributed by atoms with Crippen LogP contribution < -0.4 is 10.6 Å². The van der Waals surface area contributed by atoms with E-state index in [1.807, 2.05) is 7.05 Å². The number of guanidine groups is 1. The Kier molecular flexibility index (Phi) is 6.35. The van der Waals surface area contributed by atoms with Crippen molar-refractivity contribution >= 4 is 17.7 Å². The maximum Gasteiger partial charge on any atom is 0.191 e. The molecule has 2 fully saturated rings. The molecule has 0 saturated heterocycles. The smallest absolute Gasteiger partial charge is 0.191 e. The van der Waals surface area contributed by atoms with Gasteiger partial charge in [-0.3, -0.25) is 4.99 Å². The lowest BCUT2D eigenvalue weighted by Gasteiger charge is -2.17. The summed E-state index contributed by atoms with van der Waals surface area (Å²) in [5.41, 5.74) is 0. The highest BCUT2D eigenvalue weighted by Gasteiger charge is 2.25. The Labute approximate surface area is 122 Å². The Balaban J connectivity index is 1.59. The molecule has 0 heterocycles. The molecule has 2 rings (SSSR count). The predicted molar refractivity (Wildman–Crippen MR) is 86.0 cm³/mol. The normalized spacial score (nSPS) is 27.6. The summed E-state index contributed by atoms with van der Waals surface area (Å²) in [4.78, 5) is 4.34. The molecule has 0 amide bonds. The van der Waals surface area contributed by atoms with Gasteiger partial charge in [-0.2, -0.15) is 11.8 Å². The second-order valence-electron chi connectivity index (χ2n) is 5.82. The van der Waals surface area contributed by atoms with Gasteiger partial charge in [-0.15, -0.1) is 0 Å². The standard InChI is InChI=1S/C15H29N3S/c1-3-19-14-9-8-13(11-14)18-15(16-2)17-10-4-5-12-6-7-12/h12-14H,3-11H2,1-2H3,(H2,16,17,18). The number of nitrogens with zero attached hydrogens (tertiary/aromatic N) is 1. The van der Waals surface area contributed by atoms with Crippen molar-refractivity contribution in [3.63, 3.8) is 0 Å². The molecule has 2 saturated carbocycles. The average molecular weight is 283 g/mol. The first kappa shape index (κ1) is 15.0. The van der Waals surface area contributed by atoms with E-state index in [9.17, 15) is 0 Å². The van der Waals surface area contributed by atoms with E-state index in [1.54, 1.807) is 0 Å². The van der Waals surface area contributed by atoms with Crippen LogP contribution in [0.3, 0.4) is 0 Å². The van der Waals surface area contributed by atoms with Crippen LogP contribution in [-0.4, -0.2) is 36.6 Å². The van der Waals surface area contributed by atoms with Gasteiger partial charge < -0.3 is 10.6 Å². The molecule has 2 aliphatic carbocycles. The lowest BCUT2D eigenvalue weighted by Crippen LogP contribution is -2.42. The maximum atomic E-state index is 4.34. The molecule has 0 aliphatic heterocycles. The Morgan fingerprint density at radius 1 is 1.26 bits per heavy atom. The van der Waals surface area contributed by atoms with Gasteiger partial charge in [0.2, 0.25) is 0 Å². The minimum Gasteiger partial charge on any atom is -0.356 e. The van der Waals surface area contributed by atoms with Crippen molar-refractivity contribution in [1.82, 2.24) is 10.6 Å². The third-order valence-corrected chi connectivity index (χ3v) is 5.36. The van der Waals surface area contributed by atoms with E-state index >= 15 is 0 Å². The van der Waals surface area contributed by atoms with E-state index in [0.717, 1.165) is 23.7 Å². The van der Waals surface area contributed by atoms with Crippen LogP contribution in [0.1, 0.15) is 51.9 Å². The van der Waals surface area contributed by atoms with Crippen molar-refractivity contribution in [2.24, 2.45) is 10.9 Å². The predicted octanol–water partition coefficient (Wildman–Crippen LogP) is 3.02. The van der Waals surface area contributed by atoms with Crippen molar-refractivity contribution in [3.05, 3.63) is 0 Å². The molecule has 0 bridgehead atoms. The zero-order valence-electron chi connectivity index (χ0n) is 12.5. The lowest BCUT2D eigenvalue weighted by atomic mass is 10.2. The summed E-state index contributed by atoms with van der Waals surface area (Å²) < 4.78 is 0. The fraction of sp³-hybridized carbons (Fsp3) is 0.933. The summed E-state index contributed by atoms with van der Waals surface area (Å²) in [6.45, 7) is 3.32. The minimum atomic E-state index is 0.624. The second kappa shape index (κ2) is 8.03. The summed E-state index contributed by atoms with van der Waals surface area (Å²) in [5, 5.41) is 7.90. The molecule has 0 aromatic carbocycles. The fourth-order valence-electron chi connectivity index (χ4n) is 2.85. The van der Waals surface area contributed by atoms with E-state index < -0.39 is 0 Å². The third-order valence-electron chi connectivity index (χ3n) is 4.13. The highest BCUT2D eigenvalue weighted by atomic mass is 32.2. The molecule has 3 nitrogen and oxygen atoms in total. The molecule has 4 heteroatoms. The molecule has 19 heavy (non-hydrogen) atoms. The van der Waals surface area contributed by atoms with Crippen LogP contribution in [0.4, 0.5) is 0 Å². The molecule has 0 radical (unpaired) electrons. The fourth-order valence-corrected chi connectivity index (χ4v) is 3.99. The van der Waals surface area contributed by atoms with Gasteiger partial charge in [0.1, 0.15) is 0 Å². The van der Waals surface area contributed by atoms with Crippen molar-refractivity contribution in [1.29, 1.82) is 0 Å². The quantitative estimate of drug-likeness (QED) is 0.428. The van der Waals surface area contributed by atoms with E-state index in [0.29, 0.717) is 6.04 Å². The second-order valence-corrected chi connectivity index (χ2v) is 7.39. The minimum absolute atomic E-state index is 0.624. The lowest BCUT2D eigenvalue weighted by molar-refractivity contribution is 0.600. The van der Waals surface area contributed by atoms with Gasteiger partial charge in [0.25, 0.3) is 0 Å². The van der Waals surface area contributed by atoms with Gasteiger partial charge in [-0.05, 0) is 43.8 Å². The average Bonchev–Trinajstić information content (AvgIpc) is 3.14. The molecule has 2 aliphatic rings. The van der Waals surface area contributed by atoms with Gasteiger partial charge in [-0.1, -0.05) is 19.8 Å². The van der Waals surface area contributed by atoms with E-state index in [1.165, 1.54) is 50.7 Å². The largest absolute Gasteiger partial charge is 0.356 e. The van der Waals surface area contributed by atoms with Crippen molar-refractivity contribution in [2.45, 2.75) is 63.2 Å². The van der Waals surface area contributed by atoms with Crippen LogP contribution in [0.15, 0.2) is 4.99 Å². The summed E-state index contributed by atoms with van der Waals surface area (Å²) in [6, 6.07) is 0.624. The first-order valence-corrected chi connectivity index (χ1v) is 8.95. The molecule has 0 aromatic heterocycles. The number of thioether (sulfide) groups is 1. The van der Waals surface area contributed by atoms with Crippen LogP contribution in [-0.2, 0) is 0 Å². The van der Waals surface area contributed by atoms with Crippen molar-refractivity contribution < 1.29 is 0 Å². The van der Waals surface area contributed by atoms with Gasteiger partial charge in [-0.25, -0.2) is 0 Å². The number of hydrogen-bond acceptors (Lipinski definition) is 2. The van der Waals surface area contributed by atoms with Crippen LogP contribution in [0.25, 0.3) is 0 Å². The summed E-state index contributed by atoms with van der Waals surface area (Å²) >= 11 is 2.11. The van der Waals surface area contributed by atoms with Gasteiger partial charge in [0.05, 0.1) is 0 Å². The summed E-state index contributed by atoms with van der Waals surface area (Å²) in [6.07, 6.45) is 9.54. The summed E-state index contributed by atoms with van der Waals surface area (Å²) in [7, 11) is 1.88. The zero-order chi connectivity index (χ0) is 13.5.